The van der Waals surface area contributed by atoms with E-state index in [9.17, 15) is 0 Å². The molecule has 0 unspecified atom stereocenters. The van der Waals surface area contributed by atoms with Gasteiger partial charge in [0.15, 0.2) is 0 Å². The van der Waals surface area contributed by atoms with Crippen molar-refractivity contribution in [3.63, 3.8) is 0 Å². The number of hydrogen-bond donors (Lipinski definition) is 1. The van der Waals surface area contributed by atoms with Gasteiger partial charge in [0.25, 0.3) is 0 Å². The molecule has 4 N–H and O–H groups in total. The summed E-state index contributed by atoms with van der Waals surface area (Å²) in [5.41, 5.74) is 0. The molecular weight excluding hydrogens is 238 g/mol. The summed E-state index contributed by atoms with van der Waals surface area (Å²) in [5, 5.41) is 35.7. The monoisotopic (exact) mass is 242 g/mol. The van der Waals surface area contributed by atoms with E-state index in [4.69, 9.17) is 39.6 Å². The zero-order chi connectivity index (χ0) is 10.3. The summed E-state index contributed by atoms with van der Waals surface area (Å²) >= 11 is 0. The van der Waals surface area contributed by atoms with E-state index >= 15 is 0 Å². The Kier molecular flexibility index (Phi) is 18.9. The van der Waals surface area contributed by atoms with Gasteiger partial charge in [-0.1, -0.05) is 0 Å². The van der Waals surface area contributed by atoms with E-state index in [0.717, 1.165) is 0 Å². The fourth-order valence-corrected chi connectivity index (χ4v) is 0. The maximum Gasteiger partial charge on any atom is 3.00 e. The number of carboxylic acid groups (broad SMARTS) is 4. The maximum atomic E-state index is 8.93. The molecule has 0 atom stereocenters. The minimum atomic E-state index is -2.19. The Morgan fingerprint density at radius 2 is 0.643 bits per heavy atom. The van der Waals surface area contributed by atoms with Gasteiger partial charge in [0.05, 0.1) is 23.9 Å². The third-order valence-corrected chi connectivity index (χ3v) is 0.333. The van der Waals surface area contributed by atoms with Crippen molar-refractivity contribution >= 4 is 23.9 Å². The summed E-state index contributed by atoms with van der Waals surface area (Å²) in [6.45, 7) is 0. The van der Waals surface area contributed by atoms with Crippen LogP contribution in [0.25, 0.3) is 0 Å². The molecule has 0 saturated carbocycles. The minimum absolute atomic E-state index is 0. The quantitative estimate of drug-likeness (QED) is 0.319. The summed E-state index contributed by atoms with van der Waals surface area (Å²) in [5.74, 6) is -8.74. The van der Waals surface area contributed by atoms with Gasteiger partial charge in [-0.2, -0.15) is 0 Å². The number of hydrogen-bond acceptors (Lipinski definition) is 8. The van der Waals surface area contributed by atoms with Crippen molar-refractivity contribution < 1.29 is 61.3 Å². The van der Waals surface area contributed by atoms with Gasteiger partial charge in [-0.25, -0.2) is 0 Å². The number of carboxylic acids is 4. The summed E-state index contributed by atoms with van der Waals surface area (Å²) < 4.78 is 0. The van der Waals surface area contributed by atoms with Crippen LogP contribution in [0.15, 0.2) is 0 Å². The first-order chi connectivity index (χ1) is 5.29. The molecule has 0 spiro atoms. The van der Waals surface area contributed by atoms with Gasteiger partial charge in [0.2, 0.25) is 0 Å². The first-order valence-corrected chi connectivity index (χ1v) is 2.13. The Bertz CT molecular complexity index is 177. The van der Waals surface area contributed by atoms with Gasteiger partial charge in [-0.05, 0) is 0 Å². The molecule has 0 heterocycles. The van der Waals surface area contributed by atoms with Gasteiger partial charge in [0, 0.05) is 0 Å². The molecule has 0 aromatic heterocycles. The minimum Gasteiger partial charge on any atom is -0.543 e. The Balaban J connectivity index is -0.0000000625. The first kappa shape index (κ1) is 22.9. The van der Waals surface area contributed by atoms with Crippen LogP contribution in [0.5, 0.6) is 0 Å². The Labute approximate surface area is 91.8 Å². The first-order valence-electron chi connectivity index (χ1n) is 2.13. The second-order valence-corrected chi connectivity index (χ2v) is 1.15. The van der Waals surface area contributed by atoms with Crippen LogP contribution in [-0.2, 0) is 40.9 Å². The Morgan fingerprint density at radius 1 is 0.571 bits per heavy atom. The largest absolute Gasteiger partial charge is 3.00 e. The molecule has 0 bridgehead atoms. The van der Waals surface area contributed by atoms with Crippen LogP contribution >= 0.6 is 0 Å². The summed E-state index contributed by atoms with van der Waals surface area (Å²) in [6.07, 6.45) is 0. The maximum absolute atomic E-state index is 8.93. The van der Waals surface area contributed by atoms with E-state index < -0.39 is 23.9 Å². The van der Waals surface area contributed by atoms with Crippen molar-refractivity contribution in [3.8, 4) is 0 Å². The van der Waals surface area contributed by atoms with Crippen LogP contribution in [0.1, 0.15) is 0 Å². The predicted molar refractivity (Wildman–Crippen MR) is 26.0 cm³/mol. The van der Waals surface area contributed by atoms with Crippen molar-refractivity contribution in [1.82, 2.24) is 6.15 Å². The van der Waals surface area contributed by atoms with Crippen LogP contribution < -0.4 is 26.6 Å². The third-order valence-electron chi connectivity index (χ3n) is 0.333. The van der Waals surface area contributed by atoms with E-state index in [-0.39, 0.29) is 27.9 Å². The molecule has 77 valence electrons. The standard InChI is InChI=1S/2C2H2O4.H3N.Ti/c2*3-1(4)2(5)6;;/h2*(H,3,4)(H,5,6);1H3;/q;;;+3/p-3. The molecule has 0 aliphatic heterocycles. The fraction of sp³-hybridized carbons (Fsp3) is 0. The SMILES string of the molecule is O=C([O-])C(=O)[O-].O=C([O-])C(=O)[O-].[NH4+].[Ti+3]. The predicted octanol–water partition coefficient (Wildman–Crippen LogP) is -6.65. The number of quaternary nitrogens is 1. The van der Waals surface area contributed by atoms with E-state index in [2.05, 4.69) is 0 Å². The number of carbonyl (C=O) groups excluding carboxylic acids is 4. The average Bonchev–Trinajstić information content (AvgIpc) is 1.88. The molecule has 0 aliphatic carbocycles. The normalized spacial score (nSPS) is 6.29. The van der Waals surface area contributed by atoms with Crippen LogP contribution in [-0.4, -0.2) is 23.9 Å². The molecule has 14 heavy (non-hydrogen) atoms. The number of aliphatic carboxylic acids is 4. The topological polar surface area (TPSA) is 197 Å². The zero-order valence-corrected chi connectivity index (χ0v) is 8.33. The summed E-state index contributed by atoms with van der Waals surface area (Å²) in [4.78, 5) is 35.7. The van der Waals surface area contributed by atoms with E-state index in [1.807, 2.05) is 0 Å². The number of rotatable bonds is 0. The molecule has 0 saturated heterocycles. The van der Waals surface area contributed by atoms with E-state index in [0.29, 0.717) is 0 Å². The third kappa shape index (κ3) is 22.4. The molecular formula is C4H4NO8Ti. The van der Waals surface area contributed by atoms with Gasteiger partial charge in [0.1, 0.15) is 0 Å². The summed E-state index contributed by atoms with van der Waals surface area (Å²) in [6, 6.07) is 0. The average molecular weight is 242 g/mol. The second-order valence-electron chi connectivity index (χ2n) is 1.15. The zero-order valence-electron chi connectivity index (χ0n) is 6.77. The molecule has 9 nitrogen and oxygen atoms in total. The number of carbonyl (C=O) groups is 4. The van der Waals surface area contributed by atoms with E-state index in [1.54, 1.807) is 0 Å². The van der Waals surface area contributed by atoms with Gasteiger partial charge in [-0.15, -0.1) is 0 Å². The van der Waals surface area contributed by atoms with Crippen LogP contribution in [0, 0.1) is 0 Å². The molecule has 0 fully saturated rings. The van der Waals surface area contributed by atoms with Crippen molar-refractivity contribution in [2.45, 2.75) is 0 Å². The molecule has 10 heteroatoms. The molecule has 0 rings (SSSR count). The van der Waals surface area contributed by atoms with Crippen LogP contribution in [0.3, 0.4) is 0 Å². The fourth-order valence-electron chi connectivity index (χ4n) is 0. The van der Waals surface area contributed by atoms with Crippen LogP contribution in [0.4, 0.5) is 0 Å². The summed E-state index contributed by atoms with van der Waals surface area (Å²) in [7, 11) is 0. The smallest absolute Gasteiger partial charge is 0.543 e. The van der Waals surface area contributed by atoms with Crippen molar-refractivity contribution in [3.05, 3.63) is 0 Å². The molecule has 0 aromatic rings. The van der Waals surface area contributed by atoms with Crippen molar-refractivity contribution in [1.29, 1.82) is 0 Å². The van der Waals surface area contributed by atoms with Gasteiger partial charge < -0.3 is 45.8 Å². The van der Waals surface area contributed by atoms with Gasteiger partial charge >= 0.3 is 21.7 Å². The van der Waals surface area contributed by atoms with Crippen LogP contribution in [0.2, 0.25) is 0 Å². The van der Waals surface area contributed by atoms with Crippen molar-refractivity contribution in [2.75, 3.05) is 0 Å². The Hall–Kier alpha value is -1.45. The molecule has 0 aromatic carbocycles. The molecule has 0 amide bonds. The van der Waals surface area contributed by atoms with Crippen molar-refractivity contribution in [2.24, 2.45) is 0 Å². The van der Waals surface area contributed by atoms with E-state index in [1.165, 1.54) is 0 Å². The molecule has 0 aliphatic rings. The second kappa shape index (κ2) is 11.6. The van der Waals surface area contributed by atoms with Gasteiger partial charge in [-0.3, -0.25) is 0 Å². The Morgan fingerprint density at radius 3 is 0.643 bits per heavy atom. The molecule has 1 radical (unpaired) electrons.